The molecule has 7 rings (SSSR count). The minimum atomic E-state index is -1.43. The van der Waals surface area contributed by atoms with E-state index in [0.717, 1.165) is 92.6 Å². The van der Waals surface area contributed by atoms with E-state index in [-0.39, 0.29) is 0 Å². The molecule has 14 atom stereocenters. The molecule has 1 aliphatic heterocycles. The lowest BCUT2D eigenvalue weighted by atomic mass is 9.61. The van der Waals surface area contributed by atoms with E-state index in [1.54, 1.807) is 64.2 Å². The highest BCUT2D eigenvalue weighted by atomic mass is 32.2. The van der Waals surface area contributed by atoms with Crippen LogP contribution in [0.2, 0.25) is 24.2 Å². The Morgan fingerprint density at radius 1 is 0.561 bits per heavy atom. The highest BCUT2D eigenvalue weighted by Gasteiger charge is 2.64. The first kappa shape index (κ1) is 30.2. The van der Waals surface area contributed by atoms with Crippen LogP contribution in [0, 0.1) is 76.4 Å². The van der Waals surface area contributed by atoms with Crippen LogP contribution >= 0.6 is 11.8 Å². The normalized spacial score (nSPS) is 53.9. The zero-order chi connectivity index (χ0) is 28.8. The molecule has 234 valence electrons. The van der Waals surface area contributed by atoms with Crippen molar-refractivity contribution in [3.63, 3.8) is 0 Å². The maximum Gasteiger partial charge on any atom is 0.0547 e. The summed E-state index contributed by atoms with van der Waals surface area (Å²) in [5, 5.41) is 2.07. The fourth-order valence-electron chi connectivity index (χ4n) is 15.0. The van der Waals surface area contributed by atoms with Gasteiger partial charge in [-0.05, 0) is 152 Å². The minimum Gasteiger partial charge on any atom is -0.155 e. The molecule has 1 saturated heterocycles. The van der Waals surface area contributed by atoms with Crippen molar-refractivity contribution in [1.29, 1.82) is 0 Å². The molecule has 6 aliphatic carbocycles. The van der Waals surface area contributed by atoms with Gasteiger partial charge in [-0.25, -0.2) is 0 Å². The summed E-state index contributed by atoms with van der Waals surface area (Å²) in [5.74, 6) is 12.6. The summed E-state index contributed by atoms with van der Waals surface area (Å²) in [5.41, 5.74) is 2.73. The third-order valence-corrected chi connectivity index (χ3v) is 23.6. The number of thioether (sulfide) groups is 1. The number of fused-ring (bicyclic) bond motifs is 6. The molecule has 7 aliphatic rings. The van der Waals surface area contributed by atoms with Gasteiger partial charge < -0.3 is 0 Å². The smallest absolute Gasteiger partial charge is 0.0547 e. The predicted octanol–water partition coefficient (Wildman–Crippen LogP) is 12.0. The summed E-state index contributed by atoms with van der Waals surface area (Å²) in [6.45, 7) is 21.8. The Labute approximate surface area is 261 Å². The zero-order valence-corrected chi connectivity index (χ0v) is 30.4. The lowest BCUT2D eigenvalue weighted by Crippen LogP contribution is -2.48. The highest BCUT2D eigenvalue weighted by molar-refractivity contribution is 8.00. The topological polar surface area (TPSA) is 0 Å². The molecule has 41 heavy (non-hydrogen) atoms. The molecule has 0 radical (unpaired) electrons. The quantitative estimate of drug-likeness (QED) is 0.292. The monoisotopic (exact) mass is 596 g/mol. The van der Waals surface area contributed by atoms with E-state index in [9.17, 15) is 0 Å². The highest BCUT2D eigenvalue weighted by Crippen LogP contribution is 2.70. The van der Waals surface area contributed by atoms with Crippen molar-refractivity contribution in [2.24, 2.45) is 76.4 Å². The molecule has 0 aromatic carbocycles. The van der Waals surface area contributed by atoms with Crippen LogP contribution in [0.4, 0.5) is 0 Å². The first-order valence-corrected chi connectivity index (χ1v) is 23.2. The molecular formula is C39H68SSi. The summed E-state index contributed by atoms with van der Waals surface area (Å²) < 4.78 is 0. The molecule has 0 bridgehead atoms. The number of hydrogen-bond acceptors (Lipinski definition) is 1. The molecular weight excluding hydrogens is 529 g/mol. The Kier molecular flexibility index (Phi) is 8.20. The van der Waals surface area contributed by atoms with Crippen molar-refractivity contribution < 1.29 is 0 Å². The third kappa shape index (κ3) is 4.94. The van der Waals surface area contributed by atoms with Crippen molar-refractivity contribution in [3.05, 3.63) is 0 Å². The summed E-state index contributed by atoms with van der Waals surface area (Å²) >= 11 is 2.51. The van der Waals surface area contributed by atoms with Gasteiger partial charge in [-0.15, -0.1) is 0 Å². The zero-order valence-electron chi connectivity index (χ0n) is 28.5. The van der Waals surface area contributed by atoms with Gasteiger partial charge in [0.05, 0.1) is 8.07 Å². The third-order valence-electron chi connectivity index (χ3n) is 16.4. The Hall–Kier alpha value is 0.567. The predicted molar refractivity (Wildman–Crippen MR) is 183 cm³/mol. The van der Waals surface area contributed by atoms with Gasteiger partial charge in [-0.3, -0.25) is 0 Å². The van der Waals surface area contributed by atoms with Gasteiger partial charge >= 0.3 is 0 Å². The van der Waals surface area contributed by atoms with Crippen LogP contribution in [0.1, 0.15) is 131 Å². The van der Waals surface area contributed by atoms with E-state index in [0.29, 0.717) is 5.41 Å². The summed E-state index contributed by atoms with van der Waals surface area (Å²) in [7, 11) is -1.43. The molecule has 0 aromatic heterocycles. The first-order chi connectivity index (χ1) is 19.5. The lowest BCUT2D eigenvalue weighted by molar-refractivity contribution is 0.0636. The Balaban J connectivity index is 1.11. The van der Waals surface area contributed by atoms with E-state index < -0.39 is 8.07 Å². The van der Waals surface area contributed by atoms with Crippen LogP contribution < -0.4 is 0 Å². The molecule has 0 spiro atoms. The van der Waals surface area contributed by atoms with E-state index in [1.807, 2.05) is 0 Å². The Bertz CT molecular complexity index is 926. The fraction of sp³-hybridized carbons (Fsp3) is 1.00. The minimum absolute atomic E-state index is 0.518. The standard InChI is InChI=1S/C39H68SSi/c1-23-22-32-28(26-16-18-27(19-17-26)39(4,5)6)13-11-14-29(32)37(23)41(7,8)38-25(3)24(2)35-31(38)20-21-34-36(35)30-12-9-10-15-33(30)40-34/h23-38H,9-22H2,1-8H3. The SMILES string of the molecule is CC1CC2C(C3CCC(C(C)(C)C)CC3)CCCC2C1[Si](C)(C)C1C(C)C(C)C2C1CCC1SC3CCCCC3C12. The molecule has 1 heterocycles. The van der Waals surface area contributed by atoms with Gasteiger partial charge in [0.15, 0.2) is 0 Å². The van der Waals surface area contributed by atoms with Gasteiger partial charge in [-0.2, -0.15) is 11.8 Å². The van der Waals surface area contributed by atoms with Crippen LogP contribution in [0.3, 0.4) is 0 Å². The Morgan fingerprint density at radius 3 is 1.98 bits per heavy atom. The molecule has 0 N–H and O–H groups in total. The molecule has 14 unspecified atom stereocenters. The number of hydrogen-bond donors (Lipinski definition) is 0. The molecule has 0 aromatic rings. The number of rotatable bonds is 3. The average Bonchev–Trinajstić information content (AvgIpc) is 3.57. The van der Waals surface area contributed by atoms with Crippen LogP contribution in [0.25, 0.3) is 0 Å². The molecule has 0 nitrogen and oxygen atoms in total. The second-order valence-electron chi connectivity index (χ2n) is 19.3. The van der Waals surface area contributed by atoms with Gasteiger partial charge in [0.2, 0.25) is 0 Å². The molecule has 2 heteroatoms. The van der Waals surface area contributed by atoms with Crippen LogP contribution in [-0.4, -0.2) is 18.6 Å². The van der Waals surface area contributed by atoms with Gasteiger partial charge in [0.25, 0.3) is 0 Å². The van der Waals surface area contributed by atoms with E-state index in [1.165, 1.54) is 25.7 Å². The van der Waals surface area contributed by atoms with Crippen molar-refractivity contribution in [3.8, 4) is 0 Å². The van der Waals surface area contributed by atoms with Crippen molar-refractivity contribution >= 4 is 19.8 Å². The van der Waals surface area contributed by atoms with Crippen molar-refractivity contribution in [1.82, 2.24) is 0 Å². The van der Waals surface area contributed by atoms with E-state index >= 15 is 0 Å². The maximum absolute atomic E-state index is 2.98. The molecule has 0 amide bonds. The van der Waals surface area contributed by atoms with E-state index in [4.69, 9.17) is 0 Å². The van der Waals surface area contributed by atoms with Crippen LogP contribution in [0.15, 0.2) is 0 Å². The van der Waals surface area contributed by atoms with Crippen molar-refractivity contribution in [2.45, 2.75) is 166 Å². The fourth-order valence-corrected chi connectivity index (χ4v) is 23.9. The lowest BCUT2D eigenvalue weighted by Gasteiger charge is -2.50. The van der Waals surface area contributed by atoms with Gasteiger partial charge in [-0.1, -0.05) is 80.3 Å². The summed E-state index contributed by atoms with van der Waals surface area (Å²) in [6, 6.07) is 0. The van der Waals surface area contributed by atoms with Crippen LogP contribution in [-0.2, 0) is 0 Å². The van der Waals surface area contributed by atoms with Crippen LogP contribution in [0.5, 0.6) is 0 Å². The second-order valence-corrected chi connectivity index (χ2v) is 25.7. The summed E-state index contributed by atoms with van der Waals surface area (Å²) in [4.78, 5) is 0. The second kappa shape index (κ2) is 11.1. The summed E-state index contributed by atoms with van der Waals surface area (Å²) in [6.07, 6.45) is 21.9. The van der Waals surface area contributed by atoms with Gasteiger partial charge in [0.1, 0.15) is 0 Å². The first-order valence-electron chi connectivity index (χ1n) is 19.1. The Morgan fingerprint density at radius 2 is 1.24 bits per heavy atom. The largest absolute Gasteiger partial charge is 0.155 e. The maximum atomic E-state index is 2.98. The van der Waals surface area contributed by atoms with Gasteiger partial charge in [0, 0.05) is 10.5 Å². The average molecular weight is 597 g/mol. The van der Waals surface area contributed by atoms with Crippen molar-refractivity contribution in [2.75, 3.05) is 0 Å². The molecule has 7 fully saturated rings. The van der Waals surface area contributed by atoms with E-state index in [2.05, 4.69) is 66.4 Å². The molecule has 6 saturated carbocycles.